The van der Waals surface area contributed by atoms with Crippen LogP contribution in [0, 0.1) is 0 Å². The minimum atomic E-state index is -0.429. The molecule has 3 rings (SSSR count). The summed E-state index contributed by atoms with van der Waals surface area (Å²) in [6.07, 6.45) is 0. The van der Waals surface area contributed by atoms with E-state index in [0.717, 1.165) is 11.1 Å². The largest absolute Gasteiger partial charge is 0.352 e. The van der Waals surface area contributed by atoms with Crippen LogP contribution < -0.4 is 5.43 Å². The molecule has 0 saturated heterocycles. The Hall–Kier alpha value is -1.45. The van der Waals surface area contributed by atoms with Gasteiger partial charge in [0.2, 0.25) is 5.43 Å². The number of rotatable bonds is 2. The predicted octanol–water partition coefficient (Wildman–Crippen LogP) is 6.32. The molecule has 0 unspecified atom stereocenters. The average molecular weight is 385 g/mol. The maximum Gasteiger partial charge on any atom is 0.219 e. The summed E-state index contributed by atoms with van der Waals surface area (Å²) in [5.41, 5.74) is 2.03. The number of hydrogen-bond acceptors (Lipinski definition) is 1. The summed E-state index contributed by atoms with van der Waals surface area (Å²) in [4.78, 5) is 15.5. The molecule has 1 aromatic heterocycles. The molecular formula is C17H9Cl4NO. The Morgan fingerprint density at radius 1 is 0.609 bits per heavy atom. The summed E-state index contributed by atoms with van der Waals surface area (Å²) in [6.45, 7) is 0. The maximum absolute atomic E-state index is 12.4. The van der Waals surface area contributed by atoms with Gasteiger partial charge in [-0.2, -0.15) is 0 Å². The highest BCUT2D eigenvalue weighted by Crippen LogP contribution is 2.32. The fourth-order valence-electron chi connectivity index (χ4n) is 2.19. The van der Waals surface area contributed by atoms with Crippen LogP contribution in [0.25, 0.3) is 22.5 Å². The van der Waals surface area contributed by atoms with E-state index in [4.69, 9.17) is 46.4 Å². The van der Waals surface area contributed by atoms with E-state index in [-0.39, 0.29) is 10.0 Å². The topological polar surface area (TPSA) is 32.9 Å². The zero-order valence-corrected chi connectivity index (χ0v) is 14.6. The second kappa shape index (κ2) is 6.58. The molecule has 0 spiro atoms. The Balaban J connectivity index is 2.24. The van der Waals surface area contributed by atoms with Crippen LogP contribution in [0.2, 0.25) is 20.1 Å². The Morgan fingerprint density at radius 3 is 1.30 bits per heavy atom. The number of halogens is 4. The number of nitrogens with one attached hydrogen (secondary N) is 1. The Kier molecular flexibility index (Phi) is 4.69. The molecule has 0 atom stereocenters. The molecule has 6 heteroatoms. The van der Waals surface area contributed by atoms with Gasteiger partial charge in [-0.15, -0.1) is 0 Å². The van der Waals surface area contributed by atoms with Crippen molar-refractivity contribution in [3.8, 4) is 22.5 Å². The fraction of sp³-hybridized carbons (Fsp3) is 0. The lowest BCUT2D eigenvalue weighted by Crippen LogP contribution is -2.08. The van der Waals surface area contributed by atoms with E-state index in [1.165, 1.54) is 0 Å². The van der Waals surface area contributed by atoms with Gasteiger partial charge in [-0.05, 0) is 35.4 Å². The second-order valence-corrected chi connectivity index (χ2v) is 6.47. The van der Waals surface area contributed by atoms with Crippen molar-refractivity contribution in [1.82, 2.24) is 4.98 Å². The second-order valence-electron chi connectivity index (χ2n) is 4.85. The highest BCUT2D eigenvalue weighted by Gasteiger charge is 2.16. The van der Waals surface area contributed by atoms with Crippen LogP contribution in [0.15, 0.2) is 53.3 Å². The minimum Gasteiger partial charge on any atom is -0.352 e. The Bertz CT molecular complexity index is 842. The Labute approximate surface area is 152 Å². The maximum atomic E-state index is 12.4. The zero-order chi connectivity index (χ0) is 16.6. The number of H-pyrrole nitrogens is 1. The first kappa shape index (κ1) is 16.4. The van der Waals surface area contributed by atoms with Crippen molar-refractivity contribution in [3.63, 3.8) is 0 Å². The van der Waals surface area contributed by atoms with Crippen LogP contribution in [0.1, 0.15) is 0 Å². The van der Waals surface area contributed by atoms with Crippen molar-refractivity contribution in [2.24, 2.45) is 0 Å². The molecule has 116 valence electrons. The van der Waals surface area contributed by atoms with Crippen molar-refractivity contribution in [2.75, 3.05) is 0 Å². The van der Waals surface area contributed by atoms with Gasteiger partial charge in [0.1, 0.15) is 10.0 Å². The van der Waals surface area contributed by atoms with Crippen LogP contribution in [0.5, 0.6) is 0 Å². The van der Waals surface area contributed by atoms with Crippen LogP contribution in [0.4, 0.5) is 0 Å². The molecule has 0 fully saturated rings. The van der Waals surface area contributed by atoms with Crippen molar-refractivity contribution in [3.05, 3.63) is 78.8 Å². The molecule has 0 saturated carbocycles. The van der Waals surface area contributed by atoms with Gasteiger partial charge in [0.25, 0.3) is 0 Å². The lowest BCUT2D eigenvalue weighted by Gasteiger charge is -2.11. The number of aromatic amines is 1. The van der Waals surface area contributed by atoms with Crippen LogP contribution in [0.3, 0.4) is 0 Å². The highest BCUT2D eigenvalue weighted by atomic mass is 35.5. The van der Waals surface area contributed by atoms with E-state index in [9.17, 15) is 4.79 Å². The summed E-state index contributed by atoms with van der Waals surface area (Å²) >= 11 is 24.1. The third-order valence-electron chi connectivity index (χ3n) is 3.35. The van der Waals surface area contributed by atoms with Gasteiger partial charge >= 0.3 is 0 Å². The number of aromatic nitrogens is 1. The van der Waals surface area contributed by atoms with E-state index < -0.39 is 5.43 Å². The van der Waals surface area contributed by atoms with E-state index in [1.807, 2.05) is 0 Å². The molecule has 0 radical (unpaired) electrons. The SMILES string of the molecule is O=c1c(Cl)c(-c2ccc(Cl)cc2)[nH]c(-c2ccc(Cl)cc2)c1Cl. The summed E-state index contributed by atoms with van der Waals surface area (Å²) in [5, 5.41) is 1.27. The van der Waals surface area contributed by atoms with Gasteiger partial charge in [0.15, 0.2) is 0 Å². The van der Waals surface area contributed by atoms with Gasteiger partial charge < -0.3 is 4.98 Å². The Morgan fingerprint density at radius 2 is 0.957 bits per heavy atom. The summed E-state index contributed by atoms with van der Waals surface area (Å²) in [7, 11) is 0. The van der Waals surface area contributed by atoms with Gasteiger partial charge in [-0.3, -0.25) is 4.79 Å². The van der Waals surface area contributed by atoms with Crippen molar-refractivity contribution in [1.29, 1.82) is 0 Å². The smallest absolute Gasteiger partial charge is 0.219 e. The standard InChI is InChI=1S/C17H9Cl4NO/c18-11-5-1-9(2-6-11)15-13(20)17(23)14(21)16(22-15)10-3-7-12(19)8-4-10/h1-8H,(H,22,23). The zero-order valence-electron chi connectivity index (χ0n) is 11.5. The number of benzene rings is 2. The fourth-order valence-corrected chi connectivity index (χ4v) is 2.99. The van der Waals surface area contributed by atoms with Gasteiger partial charge in [-0.25, -0.2) is 0 Å². The van der Waals surface area contributed by atoms with Crippen LogP contribution >= 0.6 is 46.4 Å². The molecule has 0 bridgehead atoms. The third kappa shape index (κ3) is 3.26. The van der Waals surface area contributed by atoms with E-state index in [2.05, 4.69) is 4.98 Å². The first-order valence-corrected chi connectivity index (χ1v) is 8.11. The predicted molar refractivity (Wildman–Crippen MR) is 98.0 cm³/mol. The molecule has 0 amide bonds. The summed E-state index contributed by atoms with van der Waals surface area (Å²) in [6, 6.07) is 14.0. The van der Waals surface area contributed by atoms with Crippen molar-refractivity contribution >= 4 is 46.4 Å². The molecule has 2 aromatic carbocycles. The summed E-state index contributed by atoms with van der Waals surface area (Å²) < 4.78 is 0. The lowest BCUT2D eigenvalue weighted by molar-refractivity contribution is 1.30. The van der Waals surface area contributed by atoms with Crippen molar-refractivity contribution in [2.45, 2.75) is 0 Å². The first-order valence-electron chi connectivity index (χ1n) is 6.60. The molecule has 0 aliphatic heterocycles. The quantitative estimate of drug-likeness (QED) is 0.550. The molecule has 0 aliphatic carbocycles. The highest BCUT2D eigenvalue weighted by molar-refractivity contribution is 6.37. The first-order chi connectivity index (χ1) is 11.0. The molecule has 2 nitrogen and oxygen atoms in total. The number of hydrogen-bond donors (Lipinski definition) is 1. The van der Waals surface area contributed by atoms with Crippen LogP contribution in [-0.4, -0.2) is 4.98 Å². The normalized spacial score (nSPS) is 10.8. The average Bonchev–Trinajstić information content (AvgIpc) is 2.55. The van der Waals surface area contributed by atoms with Gasteiger partial charge in [0.05, 0.1) is 11.4 Å². The van der Waals surface area contributed by atoms with Gasteiger partial charge in [0, 0.05) is 10.0 Å². The third-order valence-corrected chi connectivity index (χ3v) is 4.58. The van der Waals surface area contributed by atoms with E-state index in [0.29, 0.717) is 21.4 Å². The molecule has 1 heterocycles. The monoisotopic (exact) mass is 383 g/mol. The van der Waals surface area contributed by atoms with E-state index >= 15 is 0 Å². The minimum absolute atomic E-state index is 0.0371. The molecule has 23 heavy (non-hydrogen) atoms. The summed E-state index contributed by atoms with van der Waals surface area (Å²) in [5.74, 6) is 0. The molecule has 1 N–H and O–H groups in total. The molecule has 0 aliphatic rings. The van der Waals surface area contributed by atoms with E-state index in [1.54, 1.807) is 48.5 Å². The molecular weight excluding hydrogens is 376 g/mol. The van der Waals surface area contributed by atoms with Gasteiger partial charge in [-0.1, -0.05) is 70.7 Å². The van der Waals surface area contributed by atoms with Crippen LogP contribution in [-0.2, 0) is 0 Å². The lowest BCUT2D eigenvalue weighted by atomic mass is 10.1. The molecule has 3 aromatic rings. The van der Waals surface area contributed by atoms with Crippen molar-refractivity contribution < 1.29 is 0 Å². The number of pyridine rings is 1.